The normalized spacial score (nSPS) is 29.2. The number of hydrogen-bond donors (Lipinski definition) is 2. The van der Waals surface area contributed by atoms with E-state index in [2.05, 4.69) is 10.2 Å². The molecule has 102 valence electrons. The molecule has 2 N–H and O–H groups in total. The number of para-hydroxylation sites is 1. The monoisotopic (exact) mass is 264 g/mol. The van der Waals surface area contributed by atoms with E-state index in [1.54, 1.807) is 0 Å². The number of aromatic carboxylic acids is 1. The van der Waals surface area contributed by atoms with E-state index in [1.807, 2.05) is 0 Å². The minimum atomic E-state index is -1.09. The lowest BCUT2D eigenvalue weighted by Crippen LogP contribution is -2.53. The second kappa shape index (κ2) is 4.81. The third-order valence-corrected chi connectivity index (χ3v) is 4.23. The first kappa shape index (κ1) is 12.4. The summed E-state index contributed by atoms with van der Waals surface area (Å²) in [5, 5.41) is 12.3. The minimum Gasteiger partial charge on any atom is -0.478 e. The number of anilines is 1. The Kier molecular flexibility index (Phi) is 3.14. The number of piperidine rings is 3. The highest BCUT2D eigenvalue weighted by molar-refractivity contribution is 5.94. The van der Waals surface area contributed by atoms with Crippen LogP contribution in [0.2, 0.25) is 0 Å². The van der Waals surface area contributed by atoms with Gasteiger partial charge in [0.15, 0.2) is 0 Å². The number of nitrogens with zero attached hydrogens (tertiary/aromatic N) is 1. The third-order valence-electron chi connectivity index (χ3n) is 4.23. The van der Waals surface area contributed by atoms with Gasteiger partial charge in [-0.3, -0.25) is 0 Å². The van der Waals surface area contributed by atoms with Gasteiger partial charge in [0.25, 0.3) is 0 Å². The van der Waals surface area contributed by atoms with E-state index in [9.17, 15) is 9.18 Å². The average molecular weight is 264 g/mol. The molecular formula is C14H17FN2O2. The third kappa shape index (κ3) is 2.30. The molecule has 1 atom stereocenters. The van der Waals surface area contributed by atoms with Crippen LogP contribution >= 0.6 is 0 Å². The number of hydrogen-bond acceptors (Lipinski definition) is 3. The van der Waals surface area contributed by atoms with Crippen molar-refractivity contribution in [2.75, 3.05) is 25.0 Å². The van der Waals surface area contributed by atoms with E-state index in [1.165, 1.54) is 18.2 Å². The fourth-order valence-corrected chi connectivity index (χ4v) is 3.16. The maximum atomic E-state index is 13.9. The molecule has 3 heterocycles. The molecule has 3 aliphatic heterocycles. The number of carboxylic acids is 1. The molecular weight excluding hydrogens is 247 g/mol. The first-order valence-corrected chi connectivity index (χ1v) is 6.66. The van der Waals surface area contributed by atoms with Gasteiger partial charge >= 0.3 is 5.97 Å². The second-order valence-electron chi connectivity index (χ2n) is 5.36. The summed E-state index contributed by atoms with van der Waals surface area (Å²) in [4.78, 5) is 13.5. The SMILES string of the molecule is O=C(O)c1cccc(F)c1NC1CN2CCC1CC2. The summed E-state index contributed by atoms with van der Waals surface area (Å²) in [6, 6.07) is 4.32. The molecule has 0 saturated carbocycles. The Morgan fingerprint density at radius 3 is 2.68 bits per heavy atom. The van der Waals surface area contributed by atoms with Gasteiger partial charge in [0, 0.05) is 12.6 Å². The van der Waals surface area contributed by atoms with Crippen LogP contribution < -0.4 is 5.32 Å². The second-order valence-corrected chi connectivity index (χ2v) is 5.36. The van der Waals surface area contributed by atoms with Crippen molar-refractivity contribution in [2.24, 2.45) is 5.92 Å². The molecule has 0 aromatic heterocycles. The van der Waals surface area contributed by atoms with Gasteiger partial charge in [0.1, 0.15) is 5.82 Å². The quantitative estimate of drug-likeness (QED) is 0.877. The van der Waals surface area contributed by atoms with Gasteiger partial charge in [-0.15, -0.1) is 0 Å². The lowest BCUT2D eigenvalue weighted by atomic mass is 9.84. The summed E-state index contributed by atoms with van der Waals surface area (Å²) in [5.74, 6) is -1.06. The van der Waals surface area contributed by atoms with Crippen LogP contribution in [0.4, 0.5) is 10.1 Å². The number of nitrogens with one attached hydrogen (secondary N) is 1. The van der Waals surface area contributed by atoms with E-state index < -0.39 is 11.8 Å². The Morgan fingerprint density at radius 1 is 1.37 bits per heavy atom. The van der Waals surface area contributed by atoms with Crippen molar-refractivity contribution >= 4 is 11.7 Å². The summed E-state index contributed by atoms with van der Waals surface area (Å²) in [6.07, 6.45) is 2.21. The van der Waals surface area contributed by atoms with E-state index in [-0.39, 0.29) is 17.3 Å². The van der Waals surface area contributed by atoms with E-state index in [4.69, 9.17) is 5.11 Å². The summed E-state index contributed by atoms with van der Waals surface area (Å²) in [7, 11) is 0. The molecule has 4 nitrogen and oxygen atoms in total. The van der Waals surface area contributed by atoms with Crippen molar-refractivity contribution < 1.29 is 14.3 Å². The lowest BCUT2D eigenvalue weighted by Gasteiger charge is -2.45. The number of fused-ring (bicyclic) bond motifs is 3. The highest BCUT2D eigenvalue weighted by Crippen LogP contribution is 2.31. The van der Waals surface area contributed by atoms with Gasteiger partial charge in [-0.1, -0.05) is 6.07 Å². The van der Waals surface area contributed by atoms with Crippen LogP contribution in [0.1, 0.15) is 23.2 Å². The predicted octanol–water partition coefficient (Wildman–Crippen LogP) is 2.03. The fraction of sp³-hybridized carbons (Fsp3) is 0.500. The number of halogens is 1. The minimum absolute atomic E-state index is 0.0106. The number of rotatable bonds is 3. The Balaban J connectivity index is 1.85. The zero-order chi connectivity index (χ0) is 13.4. The van der Waals surface area contributed by atoms with Crippen molar-refractivity contribution in [1.29, 1.82) is 0 Å². The van der Waals surface area contributed by atoms with Crippen LogP contribution in [0.3, 0.4) is 0 Å². The average Bonchev–Trinajstić information content (AvgIpc) is 2.42. The highest BCUT2D eigenvalue weighted by atomic mass is 19.1. The maximum absolute atomic E-state index is 13.9. The van der Waals surface area contributed by atoms with Gasteiger partial charge in [0.05, 0.1) is 11.3 Å². The summed E-state index contributed by atoms with van der Waals surface area (Å²) < 4.78 is 13.9. The summed E-state index contributed by atoms with van der Waals surface area (Å²) >= 11 is 0. The topological polar surface area (TPSA) is 52.6 Å². The summed E-state index contributed by atoms with van der Waals surface area (Å²) in [6.45, 7) is 3.08. The molecule has 1 aromatic carbocycles. The van der Waals surface area contributed by atoms with Crippen molar-refractivity contribution in [3.05, 3.63) is 29.6 Å². The van der Waals surface area contributed by atoms with Crippen molar-refractivity contribution in [3.8, 4) is 0 Å². The van der Waals surface area contributed by atoms with Gasteiger partial charge < -0.3 is 15.3 Å². The molecule has 0 spiro atoms. The zero-order valence-electron chi connectivity index (χ0n) is 10.6. The lowest BCUT2D eigenvalue weighted by molar-refractivity contribution is 0.0696. The van der Waals surface area contributed by atoms with E-state index in [0.717, 1.165) is 32.5 Å². The van der Waals surface area contributed by atoms with Crippen molar-refractivity contribution in [3.63, 3.8) is 0 Å². The van der Waals surface area contributed by atoms with E-state index in [0.29, 0.717) is 5.92 Å². The molecule has 0 aliphatic carbocycles. The van der Waals surface area contributed by atoms with E-state index >= 15 is 0 Å². The Labute approximate surface area is 111 Å². The summed E-state index contributed by atoms with van der Waals surface area (Å²) in [5.41, 5.74) is 0.144. The molecule has 1 aromatic rings. The molecule has 4 rings (SSSR count). The van der Waals surface area contributed by atoms with Crippen LogP contribution in [-0.4, -0.2) is 41.7 Å². The zero-order valence-corrected chi connectivity index (χ0v) is 10.6. The molecule has 2 bridgehead atoms. The van der Waals surface area contributed by atoms with Gasteiger partial charge in [0.2, 0.25) is 0 Å². The first-order valence-electron chi connectivity index (χ1n) is 6.66. The molecule has 1 unspecified atom stereocenters. The van der Waals surface area contributed by atoms with Crippen LogP contribution in [0.15, 0.2) is 18.2 Å². The Bertz CT molecular complexity index is 498. The number of carboxylic acid groups (broad SMARTS) is 1. The molecule has 5 heteroatoms. The number of benzene rings is 1. The smallest absolute Gasteiger partial charge is 0.337 e. The van der Waals surface area contributed by atoms with Crippen molar-refractivity contribution in [2.45, 2.75) is 18.9 Å². The fourth-order valence-electron chi connectivity index (χ4n) is 3.16. The standard InChI is InChI=1S/C14H17FN2O2/c15-11-3-1-2-10(14(18)19)13(11)16-12-8-17-6-4-9(12)5-7-17/h1-3,9,12,16H,4-8H2,(H,18,19). The maximum Gasteiger partial charge on any atom is 0.337 e. The predicted molar refractivity (Wildman–Crippen MR) is 69.9 cm³/mol. The molecule has 19 heavy (non-hydrogen) atoms. The molecule has 3 fully saturated rings. The molecule has 3 aliphatic rings. The van der Waals surface area contributed by atoms with Gasteiger partial charge in [-0.25, -0.2) is 9.18 Å². The van der Waals surface area contributed by atoms with Crippen LogP contribution in [0.5, 0.6) is 0 Å². The van der Waals surface area contributed by atoms with Crippen LogP contribution in [0, 0.1) is 11.7 Å². The van der Waals surface area contributed by atoms with Crippen LogP contribution in [0.25, 0.3) is 0 Å². The largest absolute Gasteiger partial charge is 0.478 e. The van der Waals surface area contributed by atoms with Crippen LogP contribution in [-0.2, 0) is 0 Å². The molecule has 0 radical (unpaired) electrons. The van der Waals surface area contributed by atoms with Crippen molar-refractivity contribution in [1.82, 2.24) is 4.90 Å². The first-order chi connectivity index (χ1) is 9.15. The number of carbonyl (C=O) groups is 1. The van der Waals surface area contributed by atoms with Gasteiger partial charge in [-0.05, 0) is 44.0 Å². The molecule has 3 saturated heterocycles. The molecule has 0 amide bonds. The Hall–Kier alpha value is -1.62. The Morgan fingerprint density at radius 2 is 2.11 bits per heavy atom. The van der Waals surface area contributed by atoms with Gasteiger partial charge in [-0.2, -0.15) is 0 Å². The highest BCUT2D eigenvalue weighted by Gasteiger charge is 2.34.